The molecule has 0 heterocycles. The van der Waals surface area contributed by atoms with Gasteiger partial charge in [0.25, 0.3) is 0 Å². The van der Waals surface area contributed by atoms with Gasteiger partial charge in [-0.1, -0.05) is 29.8 Å². The number of rotatable bonds is 4. The lowest BCUT2D eigenvalue weighted by molar-refractivity contribution is -0.137. The summed E-state index contributed by atoms with van der Waals surface area (Å²) < 4.78 is -0.654. The van der Waals surface area contributed by atoms with Gasteiger partial charge in [0.15, 0.2) is 0 Å². The van der Waals surface area contributed by atoms with Crippen molar-refractivity contribution in [3.8, 4) is 0 Å². The molecule has 1 saturated carbocycles. The van der Waals surface area contributed by atoms with E-state index in [-0.39, 0.29) is 6.04 Å². The summed E-state index contributed by atoms with van der Waals surface area (Å²) in [5, 5.41) is 8.85. The summed E-state index contributed by atoms with van der Waals surface area (Å²) in [6.45, 7) is 5.94. The number of hydrogen-bond acceptors (Lipinski definition) is 2. The third-order valence-electron chi connectivity index (χ3n) is 2.47. The van der Waals surface area contributed by atoms with E-state index in [0.717, 1.165) is 19.5 Å². The van der Waals surface area contributed by atoms with Crippen molar-refractivity contribution in [1.29, 1.82) is 0 Å². The fraction of sp³-hybridized carbons (Fsp3) is 0.875. The summed E-state index contributed by atoms with van der Waals surface area (Å²) in [6.07, 6.45) is 0.726. The second kappa shape index (κ2) is 3.34. The Kier molecular flexibility index (Phi) is 2.78. The van der Waals surface area contributed by atoms with Gasteiger partial charge in [0, 0.05) is 6.04 Å². The zero-order valence-corrected chi connectivity index (χ0v) is 8.97. The molecule has 3 nitrogen and oxygen atoms in total. The van der Waals surface area contributed by atoms with Gasteiger partial charge in [-0.05, 0) is 19.5 Å². The van der Waals surface area contributed by atoms with E-state index < -0.39 is 10.3 Å². The van der Waals surface area contributed by atoms with Crippen molar-refractivity contribution in [3.63, 3.8) is 0 Å². The van der Waals surface area contributed by atoms with Crippen LogP contribution in [0.5, 0.6) is 0 Å². The molecular formula is C8H14BrNO2. The lowest BCUT2D eigenvalue weighted by atomic mass is 10.4. The van der Waals surface area contributed by atoms with Gasteiger partial charge in [0.2, 0.25) is 0 Å². The summed E-state index contributed by atoms with van der Waals surface area (Å²) in [6, 6.07) is 0.185. The van der Waals surface area contributed by atoms with Gasteiger partial charge in [-0.3, -0.25) is 9.69 Å². The van der Waals surface area contributed by atoms with E-state index >= 15 is 0 Å². The minimum absolute atomic E-state index is 0.185. The van der Waals surface area contributed by atoms with Crippen LogP contribution in [0.4, 0.5) is 0 Å². The van der Waals surface area contributed by atoms with E-state index in [1.165, 1.54) is 0 Å². The van der Waals surface area contributed by atoms with Crippen LogP contribution in [0, 0.1) is 0 Å². The van der Waals surface area contributed by atoms with Crippen molar-refractivity contribution in [2.24, 2.45) is 0 Å². The molecule has 0 aliphatic heterocycles. The number of aliphatic carboxylic acids is 1. The molecule has 1 rings (SSSR count). The second-order valence-electron chi connectivity index (χ2n) is 3.11. The molecular weight excluding hydrogens is 222 g/mol. The highest BCUT2D eigenvalue weighted by Crippen LogP contribution is 2.48. The second-order valence-corrected chi connectivity index (χ2v) is 4.52. The molecule has 70 valence electrons. The fourth-order valence-electron chi connectivity index (χ4n) is 1.54. The Morgan fingerprint density at radius 2 is 2.17 bits per heavy atom. The van der Waals surface area contributed by atoms with E-state index in [0.29, 0.717) is 0 Å². The first-order valence-electron chi connectivity index (χ1n) is 4.22. The van der Waals surface area contributed by atoms with Gasteiger partial charge in [0.1, 0.15) is 4.32 Å². The number of alkyl halides is 1. The average Bonchev–Trinajstić information content (AvgIpc) is 2.67. The SMILES string of the molecule is CCN(CC)C1CC1(Br)C(=O)O. The molecule has 0 amide bonds. The number of carbonyl (C=O) groups is 1. The molecule has 0 aromatic carbocycles. The Morgan fingerprint density at radius 3 is 2.42 bits per heavy atom. The molecule has 2 unspecified atom stereocenters. The maximum atomic E-state index is 10.8. The normalized spacial score (nSPS) is 33.8. The topological polar surface area (TPSA) is 40.5 Å². The van der Waals surface area contributed by atoms with Gasteiger partial charge in [-0.25, -0.2) is 0 Å². The molecule has 1 fully saturated rings. The zero-order valence-electron chi connectivity index (χ0n) is 7.38. The molecule has 12 heavy (non-hydrogen) atoms. The van der Waals surface area contributed by atoms with Crippen LogP contribution in [-0.4, -0.2) is 39.4 Å². The minimum atomic E-state index is -0.737. The first-order valence-corrected chi connectivity index (χ1v) is 5.02. The lowest BCUT2D eigenvalue weighted by Gasteiger charge is -2.18. The molecule has 0 saturated heterocycles. The average molecular weight is 236 g/mol. The third kappa shape index (κ3) is 1.50. The zero-order chi connectivity index (χ0) is 9.35. The first-order chi connectivity index (χ1) is 5.56. The number of nitrogens with zero attached hydrogens (tertiary/aromatic N) is 1. The number of carboxylic acid groups (broad SMARTS) is 1. The minimum Gasteiger partial charge on any atom is -0.480 e. The van der Waals surface area contributed by atoms with E-state index in [2.05, 4.69) is 34.7 Å². The van der Waals surface area contributed by atoms with E-state index in [4.69, 9.17) is 5.11 Å². The van der Waals surface area contributed by atoms with Gasteiger partial charge >= 0.3 is 5.97 Å². The van der Waals surface area contributed by atoms with Gasteiger partial charge in [-0.2, -0.15) is 0 Å². The van der Waals surface area contributed by atoms with E-state index in [9.17, 15) is 4.79 Å². The number of carboxylic acids is 1. The molecule has 4 heteroatoms. The smallest absolute Gasteiger partial charge is 0.322 e. The molecule has 0 radical (unpaired) electrons. The Hall–Kier alpha value is -0.0900. The molecule has 0 aromatic rings. The maximum Gasteiger partial charge on any atom is 0.322 e. The summed E-state index contributed by atoms with van der Waals surface area (Å²) in [5.74, 6) is -0.737. The maximum absolute atomic E-state index is 10.8. The number of hydrogen-bond donors (Lipinski definition) is 1. The summed E-state index contributed by atoms with van der Waals surface area (Å²) in [7, 11) is 0. The van der Waals surface area contributed by atoms with Crippen LogP contribution in [0.3, 0.4) is 0 Å². The highest BCUT2D eigenvalue weighted by atomic mass is 79.9. The van der Waals surface area contributed by atoms with Gasteiger partial charge in [0.05, 0.1) is 0 Å². The number of halogens is 1. The first kappa shape index (κ1) is 9.99. The van der Waals surface area contributed by atoms with Crippen molar-refractivity contribution in [1.82, 2.24) is 4.90 Å². The standard InChI is InChI=1S/C8H14BrNO2/c1-3-10(4-2)6-5-8(6,9)7(11)12/h6H,3-5H2,1-2H3,(H,11,12). The third-order valence-corrected chi connectivity index (χ3v) is 3.66. The van der Waals surface area contributed by atoms with Crippen LogP contribution in [0.2, 0.25) is 0 Å². The van der Waals surface area contributed by atoms with E-state index in [1.54, 1.807) is 0 Å². The van der Waals surface area contributed by atoms with Crippen LogP contribution < -0.4 is 0 Å². The Morgan fingerprint density at radius 1 is 1.67 bits per heavy atom. The molecule has 0 bridgehead atoms. The Balaban J connectivity index is 2.55. The molecule has 2 atom stereocenters. The quantitative estimate of drug-likeness (QED) is 0.748. The van der Waals surface area contributed by atoms with Gasteiger partial charge in [-0.15, -0.1) is 0 Å². The van der Waals surface area contributed by atoms with Crippen molar-refractivity contribution in [3.05, 3.63) is 0 Å². The summed E-state index contributed by atoms with van der Waals surface area (Å²) >= 11 is 3.26. The molecule has 1 N–H and O–H groups in total. The van der Waals surface area contributed by atoms with Crippen LogP contribution in [-0.2, 0) is 4.79 Å². The predicted octanol–water partition coefficient (Wildman–Crippen LogP) is 1.32. The van der Waals surface area contributed by atoms with Crippen LogP contribution in [0.15, 0.2) is 0 Å². The Labute approximate surface area is 80.9 Å². The van der Waals surface area contributed by atoms with Crippen molar-refractivity contribution in [2.75, 3.05) is 13.1 Å². The van der Waals surface area contributed by atoms with Crippen molar-refractivity contribution < 1.29 is 9.90 Å². The van der Waals surface area contributed by atoms with Crippen molar-refractivity contribution in [2.45, 2.75) is 30.6 Å². The molecule has 1 aliphatic rings. The van der Waals surface area contributed by atoms with Crippen LogP contribution in [0.1, 0.15) is 20.3 Å². The van der Waals surface area contributed by atoms with Gasteiger partial charge < -0.3 is 5.11 Å². The fourth-order valence-corrected chi connectivity index (χ4v) is 2.13. The van der Waals surface area contributed by atoms with E-state index in [1.807, 2.05) is 0 Å². The highest BCUT2D eigenvalue weighted by molar-refractivity contribution is 9.10. The monoisotopic (exact) mass is 235 g/mol. The predicted molar refractivity (Wildman–Crippen MR) is 50.6 cm³/mol. The highest BCUT2D eigenvalue weighted by Gasteiger charge is 2.60. The molecule has 0 spiro atoms. The van der Waals surface area contributed by atoms with Crippen LogP contribution >= 0.6 is 15.9 Å². The summed E-state index contributed by atoms with van der Waals surface area (Å²) in [5.41, 5.74) is 0. The molecule has 0 aromatic heterocycles. The van der Waals surface area contributed by atoms with Crippen LogP contribution in [0.25, 0.3) is 0 Å². The lowest BCUT2D eigenvalue weighted by Crippen LogP contribution is -2.33. The summed E-state index contributed by atoms with van der Waals surface area (Å²) in [4.78, 5) is 12.9. The molecule has 1 aliphatic carbocycles. The van der Waals surface area contributed by atoms with Crippen molar-refractivity contribution >= 4 is 21.9 Å². The largest absolute Gasteiger partial charge is 0.480 e. The Bertz CT molecular complexity index is 193.